The summed E-state index contributed by atoms with van der Waals surface area (Å²) in [6.07, 6.45) is 0. The zero-order chi connectivity index (χ0) is 21.4. The van der Waals surface area contributed by atoms with Crippen molar-refractivity contribution >= 4 is 51.8 Å². The van der Waals surface area contributed by atoms with Crippen molar-refractivity contribution < 1.29 is 19.1 Å². The molecule has 0 radical (unpaired) electrons. The van der Waals surface area contributed by atoms with E-state index in [0.717, 1.165) is 0 Å². The van der Waals surface area contributed by atoms with Crippen LogP contribution in [0.5, 0.6) is 0 Å². The third-order valence-corrected chi connectivity index (χ3v) is 5.09. The second-order valence-corrected chi connectivity index (χ2v) is 9.04. The molecule has 2 rings (SSSR count). The minimum atomic E-state index is -0.405. The Bertz CT molecular complexity index is 862. The molecule has 0 saturated heterocycles. The number of nitrogens with one attached hydrogen (secondary N) is 3. The van der Waals surface area contributed by atoms with Crippen LogP contribution in [0.3, 0.4) is 0 Å². The molecule has 0 unspecified atom stereocenters. The summed E-state index contributed by atoms with van der Waals surface area (Å²) in [4.78, 5) is 35.5. The Hall–Kier alpha value is -2.66. The molecule has 0 bridgehead atoms. The van der Waals surface area contributed by atoms with Crippen molar-refractivity contribution in [2.24, 2.45) is 0 Å². The predicted octanol–water partition coefficient (Wildman–Crippen LogP) is 3.37. The van der Waals surface area contributed by atoms with E-state index in [1.54, 1.807) is 31.2 Å². The van der Waals surface area contributed by atoms with Gasteiger partial charge in [0.2, 0.25) is 11.0 Å². The van der Waals surface area contributed by atoms with Crippen LogP contribution < -0.4 is 16.0 Å². The first-order valence-electron chi connectivity index (χ1n) is 8.79. The van der Waals surface area contributed by atoms with Crippen LogP contribution in [0.15, 0.2) is 28.6 Å². The van der Waals surface area contributed by atoms with Gasteiger partial charge in [-0.1, -0.05) is 23.1 Å². The first-order valence-corrected chi connectivity index (χ1v) is 10.6. The highest BCUT2D eigenvalue weighted by Gasteiger charge is 2.16. The summed E-state index contributed by atoms with van der Waals surface area (Å²) in [5.74, 6) is -0.505. The van der Waals surface area contributed by atoms with Crippen LogP contribution in [-0.2, 0) is 9.53 Å². The molecule has 1 aromatic heterocycles. The van der Waals surface area contributed by atoms with Crippen molar-refractivity contribution in [2.45, 2.75) is 37.6 Å². The molecular weight excluding hydrogens is 414 g/mol. The van der Waals surface area contributed by atoms with Gasteiger partial charge in [-0.3, -0.25) is 10.1 Å². The standard InChI is InChI=1S/C18H23N5O4S2/c1-5-27-14(25)11-6-8-12(9-7-11)19-13(24)10-28-17-23-22-16(29-17)20-15(26)21-18(2,3)4/h6-9H,5,10H2,1-4H3,(H,19,24)(H2,20,21,22,26). The molecule has 29 heavy (non-hydrogen) atoms. The quantitative estimate of drug-likeness (QED) is 0.345. The van der Waals surface area contributed by atoms with Crippen LogP contribution in [0.4, 0.5) is 15.6 Å². The lowest BCUT2D eigenvalue weighted by Gasteiger charge is -2.19. The number of carbonyl (C=O) groups excluding carboxylic acids is 3. The number of nitrogens with zero attached hydrogens (tertiary/aromatic N) is 2. The van der Waals surface area contributed by atoms with E-state index in [1.165, 1.54) is 23.1 Å². The van der Waals surface area contributed by atoms with Gasteiger partial charge in [0.05, 0.1) is 17.9 Å². The molecule has 0 saturated carbocycles. The number of carbonyl (C=O) groups is 3. The van der Waals surface area contributed by atoms with Crippen LogP contribution >= 0.6 is 23.1 Å². The highest BCUT2D eigenvalue weighted by atomic mass is 32.2. The number of esters is 1. The Balaban J connectivity index is 1.80. The summed E-state index contributed by atoms with van der Waals surface area (Å²) >= 11 is 2.39. The molecule has 3 N–H and O–H groups in total. The highest BCUT2D eigenvalue weighted by molar-refractivity contribution is 8.01. The number of ether oxygens (including phenoxy) is 1. The van der Waals surface area contributed by atoms with Gasteiger partial charge in [0.1, 0.15) is 0 Å². The number of amides is 3. The Morgan fingerprint density at radius 1 is 1.10 bits per heavy atom. The van der Waals surface area contributed by atoms with Crippen molar-refractivity contribution in [3.8, 4) is 0 Å². The van der Waals surface area contributed by atoms with Gasteiger partial charge in [-0.2, -0.15) is 0 Å². The smallest absolute Gasteiger partial charge is 0.338 e. The molecule has 156 valence electrons. The van der Waals surface area contributed by atoms with Crippen LogP contribution in [0.2, 0.25) is 0 Å². The van der Waals surface area contributed by atoms with E-state index in [1.807, 2.05) is 20.8 Å². The van der Waals surface area contributed by atoms with Gasteiger partial charge < -0.3 is 15.4 Å². The molecule has 0 aliphatic rings. The van der Waals surface area contributed by atoms with E-state index in [4.69, 9.17) is 4.74 Å². The van der Waals surface area contributed by atoms with E-state index in [2.05, 4.69) is 26.1 Å². The van der Waals surface area contributed by atoms with Gasteiger partial charge >= 0.3 is 12.0 Å². The summed E-state index contributed by atoms with van der Waals surface area (Å²) < 4.78 is 5.47. The minimum Gasteiger partial charge on any atom is -0.462 e. The molecule has 1 heterocycles. The average molecular weight is 438 g/mol. The Labute approximate surface area is 177 Å². The van der Waals surface area contributed by atoms with E-state index in [9.17, 15) is 14.4 Å². The fourth-order valence-corrected chi connectivity index (χ4v) is 3.56. The summed E-state index contributed by atoms with van der Waals surface area (Å²) in [7, 11) is 0. The highest BCUT2D eigenvalue weighted by Crippen LogP contribution is 2.25. The van der Waals surface area contributed by atoms with E-state index < -0.39 is 5.97 Å². The average Bonchev–Trinajstić information content (AvgIpc) is 3.06. The van der Waals surface area contributed by atoms with Crippen molar-refractivity contribution in [3.05, 3.63) is 29.8 Å². The maximum Gasteiger partial charge on any atom is 0.338 e. The maximum absolute atomic E-state index is 12.1. The number of hydrogen-bond donors (Lipinski definition) is 3. The van der Waals surface area contributed by atoms with Gasteiger partial charge in [-0.25, -0.2) is 9.59 Å². The second-order valence-electron chi connectivity index (χ2n) is 6.84. The second kappa shape index (κ2) is 10.2. The molecule has 3 amide bonds. The van der Waals surface area contributed by atoms with Gasteiger partial charge in [0.15, 0.2) is 4.34 Å². The molecular formula is C18H23N5O4S2. The number of rotatable bonds is 7. The fourth-order valence-electron chi connectivity index (χ4n) is 2.02. The van der Waals surface area contributed by atoms with Gasteiger partial charge in [-0.05, 0) is 52.0 Å². The fraction of sp³-hybridized carbons (Fsp3) is 0.389. The van der Waals surface area contributed by atoms with Crippen LogP contribution in [-0.4, -0.2) is 46.0 Å². The largest absolute Gasteiger partial charge is 0.462 e. The van der Waals surface area contributed by atoms with Gasteiger partial charge in [0, 0.05) is 11.2 Å². The monoisotopic (exact) mass is 437 g/mol. The summed E-state index contributed by atoms with van der Waals surface area (Å²) in [6, 6.07) is 6.08. The molecule has 0 atom stereocenters. The number of hydrogen-bond acceptors (Lipinski definition) is 8. The number of aromatic nitrogens is 2. The zero-order valence-electron chi connectivity index (χ0n) is 16.6. The number of urea groups is 1. The first kappa shape index (κ1) is 22.6. The number of benzene rings is 1. The molecule has 1 aromatic carbocycles. The van der Waals surface area contributed by atoms with Crippen molar-refractivity contribution in [3.63, 3.8) is 0 Å². The van der Waals surface area contributed by atoms with E-state index in [-0.39, 0.29) is 23.2 Å². The Kier molecular flexibility index (Phi) is 7.97. The summed E-state index contributed by atoms with van der Waals surface area (Å²) in [6.45, 7) is 7.66. The molecule has 9 nitrogen and oxygen atoms in total. The lowest BCUT2D eigenvalue weighted by atomic mass is 10.1. The Morgan fingerprint density at radius 2 is 1.79 bits per heavy atom. The minimum absolute atomic E-state index is 0.127. The molecule has 0 aliphatic heterocycles. The third-order valence-electron chi connectivity index (χ3n) is 3.12. The molecule has 0 aliphatic carbocycles. The SMILES string of the molecule is CCOC(=O)c1ccc(NC(=O)CSc2nnc(NC(=O)NC(C)(C)C)s2)cc1. The van der Waals surface area contributed by atoms with Gasteiger partial charge in [-0.15, -0.1) is 10.2 Å². The van der Waals surface area contributed by atoms with Gasteiger partial charge in [0.25, 0.3) is 0 Å². The van der Waals surface area contributed by atoms with Crippen molar-refractivity contribution in [2.75, 3.05) is 23.0 Å². The molecule has 0 fully saturated rings. The van der Waals surface area contributed by atoms with Crippen LogP contribution in [0.25, 0.3) is 0 Å². The topological polar surface area (TPSA) is 122 Å². The molecule has 11 heteroatoms. The molecule has 0 spiro atoms. The normalized spacial score (nSPS) is 10.9. The van der Waals surface area contributed by atoms with E-state index in [0.29, 0.717) is 27.3 Å². The van der Waals surface area contributed by atoms with Crippen LogP contribution in [0.1, 0.15) is 38.1 Å². The summed E-state index contributed by atoms with van der Waals surface area (Å²) in [5.41, 5.74) is 0.629. The van der Waals surface area contributed by atoms with E-state index >= 15 is 0 Å². The predicted molar refractivity (Wildman–Crippen MR) is 114 cm³/mol. The number of thioether (sulfide) groups is 1. The van der Waals surface area contributed by atoms with Crippen molar-refractivity contribution in [1.82, 2.24) is 15.5 Å². The third kappa shape index (κ3) is 8.08. The maximum atomic E-state index is 12.1. The number of anilines is 2. The van der Waals surface area contributed by atoms with Crippen molar-refractivity contribution in [1.29, 1.82) is 0 Å². The Morgan fingerprint density at radius 3 is 2.41 bits per heavy atom. The lowest BCUT2D eigenvalue weighted by Crippen LogP contribution is -2.43. The van der Waals surface area contributed by atoms with Crippen LogP contribution in [0, 0.1) is 0 Å². The molecule has 2 aromatic rings. The summed E-state index contributed by atoms with van der Waals surface area (Å²) in [5, 5.41) is 16.3. The zero-order valence-corrected chi connectivity index (χ0v) is 18.2. The lowest BCUT2D eigenvalue weighted by molar-refractivity contribution is -0.113. The first-order chi connectivity index (χ1) is 13.7.